The Morgan fingerprint density at radius 2 is 1.88 bits per heavy atom. The third kappa shape index (κ3) is 3.85. The Balaban J connectivity index is 1.64. The molecular formula is C19H28N4O2. The van der Waals surface area contributed by atoms with Gasteiger partial charge in [-0.1, -0.05) is 30.3 Å². The fraction of sp³-hybridized carbons (Fsp3) is 0.579. The van der Waals surface area contributed by atoms with Crippen LogP contribution in [0.2, 0.25) is 0 Å². The van der Waals surface area contributed by atoms with Crippen LogP contribution in [0.15, 0.2) is 30.3 Å². The van der Waals surface area contributed by atoms with Gasteiger partial charge in [-0.25, -0.2) is 0 Å². The van der Waals surface area contributed by atoms with Crippen LogP contribution in [-0.2, 0) is 9.59 Å². The minimum Gasteiger partial charge on any atom is -0.369 e. The molecule has 2 unspecified atom stereocenters. The molecule has 4 atom stereocenters. The maximum atomic E-state index is 12.9. The first kappa shape index (κ1) is 17.9. The Hall–Kier alpha value is -1.92. The molecule has 3 rings (SSSR count). The summed E-state index contributed by atoms with van der Waals surface area (Å²) in [6.07, 6.45) is 1.61. The molecular weight excluding hydrogens is 316 g/mol. The lowest BCUT2D eigenvalue weighted by Crippen LogP contribution is -2.51. The second-order valence-electron chi connectivity index (χ2n) is 7.34. The van der Waals surface area contributed by atoms with E-state index in [9.17, 15) is 9.59 Å². The molecule has 2 amide bonds. The second-order valence-corrected chi connectivity index (χ2v) is 7.34. The van der Waals surface area contributed by atoms with Gasteiger partial charge in [-0.3, -0.25) is 14.5 Å². The fourth-order valence-corrected chi connectivity index (χ4v) is 4.06. The van der Waals surface area contributed by atoms with E-state index < -0.39 is 0 Å². The molecule has 4 N–H and O–H groups in total. The van der Waals surface area contributed by atoms with Crippen LogP contribution >= 0.6 is 0 Å². The molecule has 2 aliphatic heterocycles. The number of carbonyl (C=O) groups is 2. The number of benzene rings is 1. The molecule has 0 saturated carbocycles. The van der Waals surface area contributed by atoms with Crippen molar-refractivity contribution in [3.05, 3.63) is 35.9 Å². The van der Waals surface area contributed by atoms with Crippen molar-refractivity contribution in [1.82, 2.24) is 9.80 Å². The number of nitrogens with two attached hydrogens (primary N) is 2. The molecule has 0 bridgehead atoms. The van der Waals surface area contributed by atoms with E-state index in [0.717, 1.165) is 19.4 Å². The maximum Gasteiger partial charge on any atom is 0.239 e. The van der Waals surface area contributed by atoms with E-state index in [1.807, 2.05) is 25.1 Å². The van der Waals surface area contributed by atoms with Crippen LogP contribution < -0.4 is 11.5 Å². The van der Waals surface area contributed by atoms with Crippen LogP contribution in [0.4, 0.5) is 0 Å². The van der Waals surface area contributed by atoms with Crippen molar-refractivity contribution in [2.24, 2.45) is 17.4 Å². The summed E-state index contributed by atoms with van der Waals surface area (Å²) in [5.74, 6) is -0.205. The van der Waals surface area contributed by atoms with E-state index in [0.29, 0.717) is 19.6 Å². The molecule has 0 aromatic heterocycles. The largest absolute Gasteiger partial charge is 0.369 e. The van der Waals surface area contributed by atoms with Crippen LogP contribution in [0.25, 0.3) is 0 Å². The van der Waals surface area contributed by atoms with Gasteiger partial charge in [0.2, 0.25) is 11.8 Å². The molecule has 2 aliphatic rings. The average Bonchev–Trinajstić information content (AvgIpc) is 3.03. The van der Waals surface area contributed by atoms with E-state index in [4.69, 9.17) is 11.5 Å². The third-order valence-electron chi connectivity index (χ3n) is 5.66. The number of hydrogen-bond acceptors (Lipinski definition) is 4. The first-order valence-electron chi connectivity index (χ1n) is 9.10. The molecule has 6 heteroatoms. The second kappa shape index (κ2) is 7.54. The summed E-state index contributed by atoms with van der Waals surface area (Å²) in [5, 5.41) is 0. The van der Waals surface area contributed by atoms with E-state index in [1.54, 1.807) is 4.90 Å². The molecule has 0 spiro atoms. The SMILES string of the molecule is CC(C(=O)N1CCCC(C(N)=O)C1)N1C[C@@H](N)[C@H](c2ccccc2)C1. The number of nitrogens with zero attached hydrogens (tertiary/aromatic N) is 2. The molecule has 0 radical (unpaired) electrons. The molecule has 2 heterocycles. The van der Waals surface area contributed by atoms with Crippen molar-refractivity contribution >= 4 is 11.8 Å². The highest BCUT2D eigenvalue weighted by molar-refractivity contribution is 5.83. The van der Waals surface area contributed by atoms with Crippen molar-refractivity contribution < 1.29 is 9.59 Å². The summed E-state index contributed by atoms with van der Waals surface area (Å²) in [6.45, 7) is 4.58. The zero-order valence-corrected chi connectivity index (χ0v) is 14.8. The van der Waals surface area contributed by atoms with Crippen LogP contribution in [0.5, 0.6) is 0 Å². The summed E-state index contributed by atoms with van der Waals surface area (Å²) in [4.78, 5) is 28.3. The van der Waals surface area contributed by atoms with E-state index in [-0.39, 0.29) is 35.7 Å². The predicted octanol–water partition coefficient (Wildman–Crippen LogP) is 0.526. The van der Waals surface area contributed by atoms with Gasteiger partial charge in [-0.05, 0) is 25.3 Å². The summed E-state index contributed by atoms with van der Waals surface area (Å²) >= 11 is 0. The van der Waals surface area contributed by atoms with Gasteiger partial charge in [0, 0.05) is 38.1 Å². The minimum atomic E-state index is -0.308. The number of primary amides is 1. The Bertz CT molecular complexity index is 621. The van der Waals surface area contributed by atoms with Gasteiger partial charge < -0.3 is 16.4 Å². The van der Waals surface area contributed by atoms with Gasteiger partial charge in [0.15, 0.2) is 0 Å². The van der Waals surface area contributed by atoms with Crippen LogP contribution in [0, 0.1) is 5.92 Å². The van der Waals surface area contributed by atoms with Crippen LogP contribution in [0.1, 0.15) is 31.2 Å². The highest BCUT2D eigenvalue weighted by Crippen LogP contribution is 2.28. The molecule has 1 aromatic carbocycles. The fourth-order valence-electron chi connectivity index (χ4n) is 4.06. The normalized spacial score (nSPS) is 28.7. The Labute approximate surface area is 149 Å². The first-order chi connectivity index (χ1) is 12.0. The standard InChI is InChI=1S/C19H28N4O2/c1-13(19(25)22-9-5-8-15(10-22)18(21)24)23-11-16(17(20)12-23)14-6-3-2-4-7-14/h2-4,6-7,13,15-17H,5,8-12,20H2,1H3,(H2,21,24)/t13?,15?,16-,17+/m0/s1. The number of rotatable bonds is 4. The van der Waals surface area contributed by atoms with Gasteiger partial charge in [0.1, 0.15) is 0 Å². The van der Waals surface area contributed by atoms with Gasteiger partial charge >= 0.3 is 0 Å². The number of carbonyl (C=O) groups excluding carboxylic acids is 2. The summed E-state index contributed by atoms with van der Waals surface area (Å²) in [6, 6.07) is 10.0. The Morgan fingerprint density at radius 1 is 1.16 bits per heavy atom. The number of likely N-dealkylation sites (tertiary alicyclic amines) is 2. The highest BCUT2D eigenvalue weighted by Gasteiger charge is 2.38. The molecule has 2 fully saturated rings. The highest BCUT2D eigenvalue weighted by atomic mass is 16.2. The zero-order chi connectivity index (χ0) is 18.0. The Morgan fingerprint density at radius 3 is 2.56 bits per heavy atom. The summed E-state index contributed by atoms with van der Waals surface area (Å²) in [5.41, 5.74) is 13.0. The topological polar surface area (TPSA) is 92.7 Å². The van der Waals surface area contributed by atoms with Crippen LogP contribution in [0.3, 0.4) is 0 Å². The minimum absolute atomic E-state index is 0.0253. The van der Waals surface area contributed by atoms with Crippen molar-refractivity contribution in [3.63, 3.8) is 0 Å². The van der Waals surface area contributed by atoms with Crippen molar-refractivity contribution in [1.29, 1.82) is 0 Å². The maximum absolute atomic E-state index is 12.9. The average molecular weight is 344 g/mol. The van der Waals surface area contributed by atoms with Crippen molar-refractivity contribution in [2.75, 3.05) is 26.2 Å². The molecule has 136 valence electrons. The first-order valence-corrected chi connectivity index (χ1v) is 9.10. The van der Waals surface area contributed by atoms with Crippen molar-refractivity contribution in [2.45, 2.75) is 37.8 Å². The van der Waals surface area contributed by atoms with Crippen LogP contribution in [-0.4, -0.2) is 59.9 Å². The van der Waals surface area contributed by atoms with Gasteiger partial charge in [0.05, 0.1) is 12.0 Å². The van der Waals surface area contributed by atoms with Gasteiger partial charge in [-0.15, -0.1) is 0 Å². The molecule has 0 aliphatic carbocycles. The lowest BCUT2D eigenvalue weighted by atomic mass is 9.95. The summed E-state index contributed by atoms with van der Waals surface area (Å²) < 4.78 is 0. The zero-order valence-electron chi connectivity index (χ0n) is 14.8. The van der Waals surface area contributed by atoms with E-state index in [1.165, 1.54) is 5.56 Å². The monoisotopic (exact) mass is 344 g/mol. The van der Waals surface area contributed by atoms with E-state index >= 15 is 0 Å². The lowest BCUT2D eigenvalue weighted by molar-refractivity contribution is -0.139. The quantitative estimate of drug-likeness (QED) is 0.833. The Kier molecular flexibility index (Phi) is 5.39. The molecule has 1 aromatic rings. The van der Waals surface area contributed by atoms with Gasteiger partial charge in [0.25, 0.3) is 0 Å². The molecule has 25 heavy (non-hydrogen) atoms. The molecule has 2 saturated heterocycles. The number of piperidine rings is 1. The third-order valence-corrected chi connectivity index (χ3v) is 5.66. The number of hydrogen-bond donors (Lipinski definition) is 2. The number of amides is 2. The summed E-state index contributed by atoms with van der Waals surface area (Å²) in [7, 11) is 0. The lowest BCUT2D eigenvalue weighted by Gasteiger charge is -2.35. The van der Waals surface area contributed by atoms with E-state index in [2.05, 4.69) is 17.0 Å². The smallest absolute Gasteiger partial charge is 0.239 e. The molecule has 6 nitrogen and oxygen atoms in total. The van der Waals surface area contributed by atoms with Gasteiger partial charge in [-0.2, -0.15) is 0 Å². The van der Waals surface area contributed by atoms with Crippen molar-refractivity contribution in [3.8, 4) is 0 Å². The predicted molar refractivity (Wildman–Crippen MR) is 96.7 cm³/mol.